The van der Waals surface area contributed by atoms with Crippen LogP contribution in [0.2, 0.25) is 5.02 Å². The van der Waals surface area contributed by atoms with E-state index in [0.29, 0.717) is 0 Å². The van der Waals surface area contributed by atoms with Crippen LogP contribution in [0.25, 0.3) is 0 Å². The molecule has 0 fully saturated rings. The van der Waals surface area contributed by atoms with Gasteiger partial charge in [0, 0.05) is 17.1 Å². The Morgan fingerprint density at radius 1 is 1.22 bits per heavy atom. The van der Waals surface area contributed by atoms with Crippen LogP contribution in [-0.2, 0) is 0 Å². The van der Waals surface area contributed by atoms with Crippen molar-refractivity contribution in [2.45, 2.75) is 19.8 Å². The number of quaternary nitrogens is 1. The van der Waals surface area contributed by atoms with Crippen LogP contribution in [0.15, 0.2) is 36.0 Å². The summed E-state index contributed by atoms with van der Waals surface area (Å²) in [4.78, 5) is 1.68. The first kappa shape index (κ1) is 13.2. The average Bonchev–Trinajstić information content (AvgIpc) is 2.40. The Balaban J connectivity index is 1.79. The lowest BCUT2D eigenvalue weighted by atomic mass is 10.2. The molecule has 1 aromatic carbocycles. The van der Waals surface area contributed by atoms with Crippen LogP contribution in [0, 0.1) is 0 Å². The number of anilines is 1. The van der Waals surface area contributed by atoms with Crippen LogP contribution in [0.4, 0.5) is 5.69 Å². The minimum Gasteiger partial charge on any atom is -0.331 e. The summed E-state index contributed by atoms with van der Waals surface area (Å²) in [5.74, 6) is 0. The summed E-state index contributed by atoms with van der Waals surface area (Å²) in [7, 11) is 0. The van der Waals surface area contributed by atoms with Crippen molar-refractivity contribution in [3.8, 4) is 0 Å². The predicted molar refractivity (Wildman–Crippen MR) is 76.8 cm³/mol. The second-order valence-electron chi connectivity index (χ2n) is 4.69. The van der Waals surface area contributed by atoms with Crippen molar-refractivity contribution in [1.29, 1.82) is 0 Å². The molecule has 4 heteroatoms. The van der Waals surface area contributed by atoms with E-state index in [2.05, 4.69) is 23.9 Å². The molecular weight excluding hydrogens is 246 g/mol. The highest BCUT2D eigenvalue weighted by atomic mass is 35.5. The van der Waals surface area contributed by atoms with E-state index in [4.69, 9.17) is 11.6 Å². The zero-order valence-electron chi connectivity index (χ0n) is 10.8. The molecule has 3 nitrogen and oxygen atoms in total. The van der Waals surface area contributed by atoms with Gasteiger partial charge in [0.05, 0.1) is 25.3 Å². The molecule has 0 saturated heterocycles. The van der Waals surface area contributed by atoms with E-state index in [0.717, 1.165) is 23.7 Å². The molecule has 0 saturated carbocycles. The molecular formula is C14H21ClN3+. The fourth-order valence-corrected chi connectivity index (χ4v) is 2.29. The highest BCUT2D eigenvalue weighted by molar-refractivity contribution is 6.30. The summed E-state index contributed by atoms with van der Waals surface area (Å²) < 4.78 is 0. The Labute approximate surface area is 114 Å². The molecule has 1 aliphatic rings. The molecule has 0 aromatic heterocycles. The van der Waals surface area contributed by atoms with Crippen molar-refractivity contribution in [1.82, 2.24) is 5.43 Å². The first-order chi connectivity index (χ1) is 8.78. The van der Waals surface area contributed by atoms with Gasteiger partial charge in [0.1, 0.15) is 0 Å². The van der Waals surface area contributed by atoms with Gasteiger partial charge in [-0.2, -0.15) is 0 Å². The number of hydrazine groups is 1. The highest BCUT2D eigenvalue weighted by Crippen LogP contribution is 2.12. The van der Waals surface area contributed by atoms with E-state index in [9.17, 15) is 0 Å². The van der Waals surface area contributed by atoms with Crippen LogP contribution >= 0.6 is 11.6 Å². The van der Waals surface area contributed by atoms with Crippen LogP contribution in [0.3, 0.4) is 0 Å². The van der Waals surface area contributed by atoms with Gasteiger partial charge < -0.3 is 15.8 Å². The maximum atomic E-state index is 5.84. The molecule has 1 heterocycles. The third-order valence-corrected chi connectivity index (χ3v) is 3.45. The second-order valence-corrected chi connectivity index (χ2v) is 5.13. The summed E-state index contributed by atoms with van der Waals surface area (Å²) >= 11 is 5.84. The predicted octanol–water partition coefficient (Wildman–Crippen LogP) is 1.84. The van der Waals surface area contributed by atoms with Gasteiger partial charge in [0.2, 0.25) is 0 Å². The van der Waals surface area contributed by atoms with Crippen LogP contribution < -0.4 is 15.8 Å². The Bertz CT molecular complexity index is 400. The van der Waals surface area contributed by atoms with E-state index in [-0.39, 0.29) is 0 Å². The van der Waals surface area contributed by atoms with Crippen molar-refractivity contribution in [2.75, 3.05) is 25.1 Å². The molecule has 1 unspecified atom stereocenters. The van der Waals surface area contributed by atoms with Crippen molar-refractivity contribution in [3.05, 3.63) is 41.1 Å². The first-order valence-electron chi connectivity index (χ1n) is 6.58. The smallest absolute Gasteiger partial charge is 0.0978 e. The van der Waals surface area contributed by atoms with Gasteiger partial charge in [-0.05, 0) is 36.8 Å². The number of rotatable bonds is 5. The minimum atomic E-state index is 0.760. The molecule has 1 atom stereocenters. The van der Waals surface area contributed by atoms with Gasteiger partial charge >= 0.3 is 0 Å². The van der Waals surface area contributed by atoms with E-state index < -0.39 is 0 Å². The summed E-state index contributed by atoms with van der Waals surface area (Å²) in [6.07, 6.45) is 4.66. The minimum absolute atomic E-state index is 0.760. The number of halogens is 1. The number of hydrogen-bond acceptors (Lipinski definition) is 2. The van der Waals surface area contributed by atoms with Gasteiger partial charge in [0.25, 0.3) is 0 Å². The Hall–Kier alpha value is -1.19. The number of nitrogens with one attached hydrogen (secondary N) is 3. The quantitative estimate of drug-likeness (QED) is 0.710. The van der Waals surface area contributed by atoms with Gasteiger partial charge in [-0.15, -0.1) is 0 Å². The summed E-state index contributed by atoms with van der Waals surface area (Å²) in [5.41, 5.74) is 8.79. The molecule has 1 aliphatic heterocycles. The fraction of sp³-hybridized carbons (Fsp3) is 0.429. The molecule has 1 aromatic rings. The standard InChI is InChI=1S/C14H20ClN3/c1-2-9-18-10-7-14(8-11-18)17-16-13-5-3-12(15)4-6-13/h3-7,16-17H,2,8-11H2,1H3/p+1. The van der Waals surface area contributed by atoms with Gasteiger partial charge in [0.15, 0.2) is 0 Å². The lowest BCUT2D eigenvalue weighted by molar-refractivity contribution is -0.895. The van der Waals surface area contributed by atoms with Crippen molar-refractivity contribution >= 4 is 17.3 Å². The van der Waals surface area contributed by atoms with Crippen LogP contribution in [0.5, 0.6) is 0 Å². The van der Waals surface area contributed by atoms with Crippen molar-refractivity contribution < 1.29 is 4.90 Å². The van der Waals surface area contributed by atoms with E-state index in [1.54, 1.807) is 4.90 Å². The van der Waals surface area contributed by atoms with Gasteiger partial charge in [-0.1, -0.05) is 18.5 Å². The van der Waals surface area contributed by atoms with Crippen molar-refractivity contribution in [3.63, 3.8) is 0 Å². The molecule has 0 radical (unpaired) electrons. The first-order valence-corrected chi connectivity index (χ1v) is 6.96. The molecule has 3 N–H and O–H groups in total. The number of hydrogen-bond donors (Lipinski definition) is 3. The Morgan fingerprint density at radius 3 is 2.61 bits per heavy atom. The molecule has 0 aliphatic carbocycles. The Kier molecular flexibility index (Phi) is 4.90. The van der Waals surface area contributed by atoms with Crippen LogP contribution in [-0.4, -0.2) is 19.6 Å². The van der Waals surface area contributed by atoms with E-state index in [1.165, 1.54) is 25.2 Å². The third-order valence-electron chi connectivity index (χ3n) is 3.20. The lowest BCUT2D eigenvalue weighted by Gasteiger charge is -2.24. The molecule has 98 valence electrons. The fourth-order valence-electron chi connectivity index (χ4n) is 2.16. The summed E-state index contributed by atoms with van der Waals surface area (Å²) in [5, 5.41) is 0.760. The maximum absolute atomic E-state index is 5.84. The number of benzene rings is 1. The molecule has 0 bridgehead atoms. The molecule has 0 amide bonds. The van der Waals surface area contributed by atoms with Crippen LogP contribution in [0.1, 0.15) is 19.8 Å². The summed E-state index contributed by atoms with van der Waals surface area (Å²) in [6.45, 7) is 5.86. The zero-order valence-corrected chi connectivity index (χ0v) is 11.6. The monoisotopic (exact) mass is 266 g/mol. The topological polar surface area (TPSA) is 28.5 Å². The normalized spacial score (nSPS) is 19.2. The van der Waals surface area contributed by atoms with Gasteiger partial charge in [-0.25, -0.2) is 0 Å². The van der Waals surface area contributed by atoms with Crippen molar-refractivity contribution in [2.24, 2.45) is 0 Å². The van der Waals surface area contributed by atoms with Gasteiger partial charge in [-0.3, -0.25) is 0 Å². The SMILES string of the molecule is CCC[NH+]1CC=C(NNc2ccc(Cl)cc2)CC1. The maximum Gasteiger partial charge on any atom is 0.0978 e. The summed E-state index contributed by atoms with van der Waals surface area (Å²) in [6, 6.07) is 7.70. The second kappa shape index (κ2) is 6.66. The zero-order chi connectivity index (χ0) is 12.8. The molecule has 0 spiro atoms. The van der Waals surface area contributed by atoms with E-state index >= 15 is 0 Å². The molecule has 18 heavy (non-hydrogen) atoms. The highest BCUT2D eigenvalue weighted by Gasteiger charge is 2.13. The largest absolute Gasteiger partial charge is 0.331 e. The Morgan fingerprint density at radius 2 is 2.00 bits per heavy atom. The molecule has 2 rings (SSSR count). The van der Waals surface area contributed by atoms with E-state index in [1.807, 2.05) is 24.3 Å². The average molecular weight is 267 g/mol. The third kappa shape index (κ3) is 3.93. The lowest BCUT2D eigenvalue weighted by Crippen LogP contribution is -3.12.